The van der Waals surface area contributed by atoms with Gasteiger partial charge in [0.25, 0.3) is 0 Å². The van der Waals surface area contributed by atoms with Crippen LogP contribution >= 0.6 is 11.6 Å². The van der Waals surface area contributed by atoms with Crippen molar-refractivity contribution in [3.8, 4) is 0 Å². The summed E-state index contributed by atoms with van der Waals surface area (Å²) in [7, 11) is 2.26. The summed E-state index contributed by atoms with van der Waals surface area (Å²) >= 11 is 6.21. The number of benzene rings is 1. The molecule has 132 valence electrons. The maximum atomic E-state index is 6.21. The van der Waals surface area contributed by atoms with Gasteiger partial charge in [0.05, 0.1) is 0 Å². The molecular weight excluding hydrogens is 328 g/mol. The Balaban J connectivity index is 1.71. The van der Waals surface area contributed by atoms with Gasteiger partial charge in [-0.25, -0.2) is 0 Å². The number of allylic oxidation sites excluding steroid dienone is 1. The molecule has 1 aromatic rings. The Kier molecular flexibility index (Phi) is 4.59. The maximum Gasteiger partial charge on any atom is 0.0477 e. The quantitative estimate of drug-likeness (QED) is 0.560. The minimum atomic E-state index is 0.481. The minimum absolute atomic E-state index is 0.481. The molecule has 4 rings (SSSR count). The SMILES string of the molecule is CC1CC(=C2CC=NC3=Cc4ccc(Cl)cc4CCC32)CC(C)N1C. The molecule has 3 aliphatic rings. The van der Waals surface area contributed by atoms with E-state index in [1.807, 2.05) is 6.07 Å². The van der Waals surface area contributed by atoms with Crippen LogP contribution in [0.4, 0.5) is 0 Å². The number of rotatable bonds is 0. The highest BCUT2D eigenvalue weighted by Crippen LogP contribution is 2.41. The first-order valence-corrected chi connectivity index (χ1v) is 9.86. The molecule has 1 saturated heterocycles. The van der Waals surface area contributed by atoms with Crippen molar-refractivity contribution in [1.82, 2.24) is 4.90 Å². The normalized spacial score (nSPS) is 29.8. The molecule has 2 heterocycles. The zero-order valence-electron chi connectivity index (χ0n) is 15.4. The Morgan fingerprint density at radius 2 is 1.92 bits per heavy atom. The van der Waals surface area contributed by atoms with Gasteiger partial charge in [-0.05, 0) is 75.9 Å². The van der Waals surface area contributed by atoms with Crippen molar-refractivity contribution in [3.63, 3.8) is 0 Å². The second-order valence-corrected chi connectivity index (χ2v) is 8.36. The molecule has 2 nitrogen and oxygen atoms in total. The van der Waals surface area contributed by atoms with E-state index in [1.165, 1.54) is 29.7 Å². The Morgan fingerprint density at radius 1 is 1.16 bits per heavy atom. The summed E-state index contributed by atoms with van der Waals surface area (Å²) < 4.78 is 0. The van der Waals surface area contributed by atoms with Crippen LogP contribution in [0.5, 0.6) is 0 Å². The summed E-state index contributed by atoms with van der Waals surface area (Å²) in [5, 5.41) is 0.835. The van der Waals surface area contributed by atoms with Crippen molar-refractivity contribution in [3.05, 3.63) is 51.2 Å². The Hall–Kier alpha value is -1.38. The molecule has 0 saturated carbocycles. The molecule has 1 fully saturated rings. The van der Waals surface area contributed by atoms with E-state index >= 15 is 0 Å². The summed E-state index contributed by atoms with van der Waals surface area (Å²) in [5.41, 5.74) is 7.22. The van der Waals surface area contributed by atoms with Gasteiger partial charge < -0.3 is 4.90 Å². The molecule has 25 heavy (non-hydrogen) atoms. The second-order valence-electron chi connectivity index (χ2n) is 7.92. The molecule has 0 bridgehead atoms. The smallest absolute Gasteiger partial charge is 0.0477 e. The van der Waals surface area contributed by atoms with Gasteiger partial charge in [-0.2, -0.15) is 0 Å². The number of piperidine rings is 1. The van der Waals surface area contributed by atoms with Gasteiger partial charge >= 0.3 is 0 Å². The third-order valence-corrected chi connectivity index (χ3v) is 6.60. The monoisotopic (exact) mass is 354 g/mol. The van der Waals surface area contributed by atoms with E-state index in [1.54, 1.807) is 11.1 Å². The third kappa shape index (κ3) is 3.22. The molecule has 3 atom stereocenters. The molecule has 0 aromatic heterocycles. The lowest BCUT2D eigenvalue weighted by molar-refractivity contribution is 0.165. The second kappa shape index (κ2) is 6.74. The highest BCUT2D eigenvalue weighted by molar-refractivity contribution is 6.30. The molecule has 2 aliphatic heterocycles. The first-order chi connectivity index (χ1) is 12.0. The summed E-state index contributed by atoms with van der Waals surface area (Å²) in [6.07, 6.45) is 10.1. The highest BCUT2D eigenvalue weighted by atomic mass is 35.5. The summed E-state index contributed by atoms with van der Waals surface area (Å²) in [4.78, 5) is 7.31. The average Bonchev–Trinajstić information content (AvgIpc) is 2.78. The number of aryl methyl sites for hydroxylation is 1. The van der Waals surface area contributed by atoms with Crippen LogP contribution in [-0.4, -0.2) is 30.2 Å². The maximum absolute atomic E-state index is 6.21. The molecule has 0 spiro atoms. The molecule has 0 radical (unpaired) electrons. The Labute approximate surface area is 156 Å². The minimum Gasteiger partial charge on any atom is -0.300 e. The third-order valence-electron chi connectivity index (χ3n) is 6.37. The number of hydrogen-bond acceptors (Lipinski definition) is 2. The fourth-order valence-electron chi connectivity index (χ4n) is 4.68. The predicted molar refractivity (Wildman–Crippen MR) is 107 cm³/mol. The number of nitrogens with zero attached hydrogens (tertiary/aromatic N) is 2. The van der Waals surface area contributed by atoms with E-state index < -0.39 is 0 Å². The number of likely N-dealkylation sites (tertiary alicyclic amines) is 1. The van der Waals surface area contributed by atoms with Gasteiger partial charge in [0, 0.05) is 41.4 Å². The topological polar surface area (TPSA) is 15.6 Å². The molecular formula is C22H27ClN2. The highest BCUT2D eigenvalue weighted by Gasteiger charge is 2.31. The molecule has 3 unspecified atom stereocenters. The average molecular weight is 355 g/mol. The lowest BCUT2D eigenvalue weighted by atomic mass is 9.79. The molecule has 1 aliphatic carbocycles. The van der Waals surface area contributed by atoms with E-state index in [9.17, 15) is 0 Å². The van der Waals surface area contributed by atoms with Crippen LogP contribution in [0, 0.1) is 5.92 Å². The van der Waals surface area contributed by atoms with E-state index in [0.717, 1.165) is 24.3 Å². The van der Waals surface area contributed by atoms with Gasteiger partial charge in [-0.15, -0.1) is 0 Å². The van der Waals surface area contributed by atoms with Crippen LogP contribution in [0.3, 0.4) is 0 Å². The van der Waals surface area contributed by atoms with Crippen molar-refractivity contribution >= 4 is 23.9 Å². The van der Waals surface area contributed by atoms with Crippen LogP contribution < -0.4 is 0 Å². The fourth-order valence-corrected chi connectivity index (χ4v) is 4.88. The van der Waals surface area contributed by atoms with Crippen LogP contribution in [0.25, 0.3) is 6.08 Å². The van der Waals surface area contributed by atoms with Crippen molar-refractivity contribution in [1.29, 1.82) is 0 Å². The summed E-state index contributed by atoms with van der Waals surface area (Å²) in [5.74, 6) is 0.481. The number of aliphatic imine (C=N–C) groups is 1. The van der Waals surface area contributed by atoms with Crippen LogP contribution in [0.15, 0.2) is 40.0 Å². The van der Waals surface area contributed by atoms with Crippen LogP contribution in [-0.2, 0) is 6.42 Å². The van der Waals surface area contributed by atoms with Crippen LogP contribution in [0.1, 0.15) is 50.7 Å². The van der Waals surface area contributed by atoms with E-state index in [0.29, 0.717) is 18.0 Å². The summed E-state index contributed by atoms with van der Waals surface area (Å²) in [6, 6.07) is 7.51. The Bertz CT molecular complexity index is 760. The first kappa shape index (κ1) is 17.1. The van der Waals surface area contributed by atoms with Crippen molar-refractivity contribution in [2.75, 3.05) is 7.05 Å². The fraction of sp³-hybridized carbons (Fsp3) is 0.500. The Morgan fingerprint density at radius 3 is 2.68 bits per heavy atom. The van der Waals surface area contributed by atoms with Crippen molar-refractivity contribution in [2.24, 2.45) is 10.9 Å². The van der Waals surface area contributed by atoms with Gasteiger partial charge in [0.15, 0.2) is 0 Å². The van der Waals surface area contributed by atoms with E-state index in [2.05, 4.69) is 50.2 Å². The predicted octanol–water partition coefficient (Wildman–Crippen LogP) is 5.52. The van der Waals surface area contributed by atoms with Gasteiger partial charge in [-0.1, -0.05) is 28.8 Å². The lowest BCUT2D eigenvalue weighted by Gasteiger charge is -2.39. The van der Waals surface area contributed by atoms with Gasteiger partial charge in [-0.3, -0.25) is 4.99 Å². The van der Waals surface area contributed by atoms with E-state index in [-0.39, 0.29) is 0 Å². The number of fused-ring (bicyclic) bond motifs is 2. The zero-order chi connectivity index (χ0) is 17.6. The molecule has 0 N–H and O–H groups in total. The molecule has 1 aromatic carbocycles. The van der Waals surface area contributed by atoms with Crippen molar-refractivity contribution in [2.45, 2.75) is 58.0 Å². The first-order valence-electron chi connectivity index (χ1n) is 9.48. The molecule has 0 amide bonds. The largest absolute Gasteiger partial charge is 0.300 e. The number of hydrogen-bond donors (Lipinski definition) is 0. The summed E-state index contributed by atoms with van der Waals surface area (Å²) in [6.45, 7) is 4.71. The van der Waals surface area contributed by atoms with Gasteiger partial charge in [0.2, 0.25) is 0 Å². The van der Waals surface area contributed by atoms with E-state index in [4.69, 9.17) is 16.6 Å². The zero-order valence-corrected chi connectivity index (χ0v) is 16.2. The molecule has 3 heteroatoms. The van der Waals surface area contributed by atoms with Crippen molar-refractivity contribution < 1.29 is 0 Å². The van der Waals surface area contributed by atoms with Gasteiger partial charge in [0.1, 0.15) is 0 Å². The standard InChI is InChI=1S/C22H27ClN2/c1-14-10-18(11-15(2)25(14)3)20-8-9-24-22-13-17-4-6-19(23)12-16(17)5-7-21(20)22/h4,6,9,12-15,21H,5,7-8,10-11H2,1-3H3. The number of halogens is 1. The van der Waals surface area contributed by atoms with Crippen LogP contribution in [0.2, 0.25) is 5.02 Å². The lowest BCUT2D eigenvalue weighted by Crippen LogP contribution is -2.42.